The van der Waals surface area contributed by atoms with E-state index in [4.69, 9.17) is 5.21 Å². The lowest BCUT2D eigenvalue weighted by molar-refractivity contribution is 0.385. The smallest absolute Gasteiger partial charge is 0.266 e. The van der Waals surface area contributed by atoms with E-state index in [-0.39, 0.29) is 11.4 Å². The van der Waals surface area contributed by atoms with Gasteiger partial charge in [-0.2, -0.15) is 0 Å². The summed E-state index contributed by atoms with van der Waals surface area (Å²) in [6.07, 6.45) is 2.33. The Balaban J connectivity index is 3.02. The molecule has 1 heterocycles. The minimum atomic E-state index is -0.297. The van der Waals surface area contributed by atoms with Crippen LogP contribution in [0.5, 0.6) is 0 Å². The monoisotopic (exact) mass is 127 g/mol. The van der Waals surface area contributed by atoms with Crippen LogP contribution in [0.15, 0.2) is 17.2 Å². The number of hydrogen-bond donors (Lipinski definition) is 3. The quantitative estimate of drug-likeness (QED) is 0.447. The highest BCUT2D eigenvalue weighted by molar-refractivity contribution is 5.25. The van der Waals surface area contributed by atoms with Crippen LogP contribution in [0.25, 0.3) is 0 Å². The Morgan fingerprint density at radius 2 is 2.56 bits per heavy atom. The predicted octanol–water partition coefficient (Wildman–Crippen LogP) is -0.429. The van der Waals surface area contributed by atoms with Crippen molar-refractivity contribution in [3.63, 3.8) is 0 Å². The number of nitrogens with one attached hydrogen (secondary N) is 2. The van der Waals surface area contributed by atoms with E-state index >= 15 is 0 Å². The van der Waals surface area contributed by atoms with E-state index in [9.17, 15) is 4.79 Å². The Kier molecular flexibility index (Phi) is 1.46. The summed E-state index contributed by atoms with van der Waals surface area (Å²) in [5.74, 6) is 0.217. The highest BCUT2D eigenvalue weighted by Crippen LogP contribution is 1.89. The number of nitrogens with zero attached hydrogens (tertiary/aromatic N) is 1. The molecule has 1 aromatic rings. The fourth-order valence-electron chi connectivity index (χ4n) is 0.403. The molecule has 0 fully saturated rings. The van der Waals surface area contributed by atoms with Crippen LogP contribution in [0.1, 0.15) is 0 Å². The second-order valence-electron chi connectivity index (χ2n) is 1.41. The topological polar surface area (TPSA) is 78.0 Å². The van der Waals surface area contributed by atoms with Gasteiger partial charge in [-0.15, -0.1) is 0 Å². The zero-order chi connectivity index (χ0) is 6.69. The van der Waals surface area contributed by atoms with Crippen LogP contribution >= 0.6 is 0 Å². The van der Waals surface area contributed by atoms with Crippen LogP contribution in [0.3, 0.4) is 0 Å². The van der Waals surface area contributed by atoms with Gasteiger partial charge in [0.2, 0.25) is 0 Å². The molecule has 0 aliphatic heterocycles. The molecule has 9 heavy (non-hydrogen) atoms. The molecule has 0 aliphatic carbocycles. The summed E-state index contributed by atoms with van der Waals surface area (Å²) in [6, 6.07) is 0. The molecule has 0 saturated heterocycles. The van der Waals surface area contributed by atoms with Crippen molar-refractivity contribution in [2.24, 2.45) is 0 Å². The number of aromatic nitrogens is 2. The number of H-pyrrole nitrogens is 1. The molecule has 0 aliphatic rings. The molecular weight excluding hydrogens is 122 g/mol. The van der Waals surface area contributed by atoms with Gasteiger partial charge in [0.05, 0.1) is 6.20 Å². The standard InChI is InChI=1S/C4H5N3O2/c8-4-2-5-3(7-9)1-6-4/h1-2,9H,(H,5,7)(H,6,8). The van der Waals surface area contributed by atoms with Gasteiger partial charge in [-0.3, -0.25) is 15.5 Å². The van der Waals surface area contributed by atoms with Gasteiger partial charge < -0.3 is 4.98 Å². The van der Waals surface area contributed by atoms with Gasteiger partial charge in [-0.05, 0) is 0 Å². The molecule has 1 aromatic heterocycles. The van der Waals surface area contributed by atoms with E-state index in [0.717, 1.165) is 6.20 Å². The minimum Gasteiger partial charge on any atom is -0.324 e. The lowest BCUT2D eigenvalue weighted by Crippen LogP contribution is -2.05. The summed E-state index contributed by atoms with van der Waals surface area (Å²) in [5, 5.41) is 8.19. The van der Waals surface area contributed by atoms with Crippen LogP contribution in [0.2, 0.25) is 0 Å². The van der Waals surface area contributed by atoms with Crippen molar-refractivity contribution in [2.75, 3.05) is 5.48 Å². The first-order valence-corrected chi connectivity index (χ1v) is 2.28. The van der Waals surface area contributed by atoms with E-state index in [0.29, 0.717) is 0 Å². The maximum absolute atomic E-state index is 10.3. The lowest BCUT2D eigenvalue weighted by Gasteiger charge is -1.91. The second-order valence-corrected chi connectivity index (χ2v) is 1.41. The Labute approximate surface area is 50.3 Å². The third-order valence-corrected chi connectivity index (χ3v) is 0.787. The highest BCUT2D eigenvalue weighted by atomic mass is 16.5. The molecule has 0 bridgehead atoms. The minimum absolute atomic E-state index is 0.217. The van der Waals surface area contributed by atoms with Crippen molar-refractivity contribution in [1.82, 2.24) is 9.97 Å². The van der Waals surface area contributed by atoms with Crippen molar-refractivity contribution in [3.05, 3.63) is 22.7 Å². The van der Waals surface area contributed by atoms with Gasteiger partial charge >= 0.3 is 0 Å². The van der Waals surface area contributed by atoms with Crippen molar-refractivity contribution in [2.45, 2.75) is 0 Å². The normalized spacial score (nSPS) is 9.00. The molecule has 0 spiro atoms. The number of anilines is 1. The Morgan fingerprint density at radius 1 is 1.78 bits per heavy atom. The average Bonchev–Trinajstić information content (AvgIpc) is 1.90. The molecular formula is C4H5N3O2. The fraction of sp³-hybridized carbons (Fsp3) is 0. The van der Waals surface area contributed by atoms with E-state index in [1.54, 1.807) is 5.48 Å². The maximum Gasteiger partial charge on any atom is 0.266 e. The van der Waals surface area contributed by atoms with Gasteiger partial charge in [0.1, 0.15) is 0 Å². The van der Waals surface area contributed by atoms with Crippen LogP contribution in [-0.4, -0.2) is 15.2 Å². The maximum atomic E-state index is 10.3. The van der Waals surface area contributed by atoms with Gasteiger partial charge in [0, 0.05) is 6.20 Å². The van der Waals surface area contributed by atoms with E-state index in [1.807, 2.05) is 0 Å². The van der Waals surface area contributed by atoms with Crippen molar-refractivity contribution < 1.29 is 5.21 Å². The summed E-state index contributed by atoms with van der Waals surface area (Å²) >= 11 is 0. The third-order valence-electron chi connectivity index (χ3n) is 0.787. The van der Waals surface area contributed by atoms with Crippen molar-refractivity contribution >= 4 is 5.82 Å². The van der Waals surface area contributed by atoms with Gasteiger partial charge in [-0.1, -0.05) is 0 Å². The molecule has 0 aromatic carbocycles. The molecule has 0 radical (unpaired) electrons. The van der Waals surface area contributed by atoms with Crippen molar-refractivity contribution in [3.8, 4) is 0 Å². The van der Waals surface area contributed by atoms with Crippen LogP contribution in [0, 0.1) is 0 Å². The van der Waals surface area contributed by atoms with Crippen LogP contribution in [0.4, 0.5) is 5.82 Å². The zero-order valence-corrected chi connectivity index (χ0v) is 4.46. The van der Waals surface area contributed by atoms with Gasteiger partial charge in [0.25, 0.3) is 5.56 Å². The molecule has 0 saturated carbocycles. The van der Waals surface area contributed by atoms with Gasteiger partial charge in [0.15, 0.2) is 5.82 Å². The Morgan fingerprint density at radius 3 is 3.00 bits per heavy atom. The van der Waals surface area contributed by atoms with Gasteiger partial charge in [-0.25, -0.2) is 4.98 Å². The first-order valence-electron chi connectivity index (χ1n) is 2.28. The summed E-state index contributed by atoms with van der Waals surface area (Å²) in [6.45, 7) is 0. The molecule has 0 amide bonds. The second kappa shape index (κ2) is 2.27. The first-order chi connectivity index (χ1) is 4.33. The highest BCUT2D eigenvalue weighted by Gasteiger charge is 1.86. The molecule has 48 valence electrons. The molecule has 5 nitrogen and oxygen atoms in total. The van der Waals surface area contributed by atoms with Crippen LogP contribution in [-0.2, 0) is 0 Å². The van der Waals surface area contributed by atoms with E-state index < -0.39 is 0 Å². The summed E-state index contributed by atoms with van der Waals surface area (Å²) < 4.78 is 0. The summed E-state index contributed by atoms with van der Waals surface area (Å²) in [5.41, 5.74) is 1.48. The predicted molar refractivity (Wildman–Crippen MR) is 30.3 cm³/mol. The van der Waals surface area contributed by atoms with E-state index in [1.165, 1.54) is 6.20 Å². The molecule has 3 N–H and O–H groups in total. The summed E-state index contributed by atoms with van der Waals surface area (Å²) in [4.78, 5) is 16.1. The van der Waals surface area contributed by atoms with E-state index in [2.05, 4.69) is 9.97 Å². The SMILES string of the molecule is O=c1cnc(NO)c[nH]1. The lowest BCUT2D eigenvalue weighted by atomic mass is 10.7. The molecule has 0 unspecified atom stereocenters. The Bertz CT molecular complexity index is 223. The number of hydrogen-bond acceptors (Lipinski definition) is 4. The number of rotatable bonds is 1. The zero-order valence-electron chi connectivity index (χ0n) is 4.46. The van der Waals surface area contributed by atoms with Crippen LogP contribution < -0.4 is 11.0 Å². The first kappa shape index (κ1) is 5.77. The third kappa shape index (κ3) is 1.26. The Hall–Kier alpha value is -1.36. The molecule has 0 atom stereocenters. The molecule has 1 rings (SSSR count). The summed E-state index contributed by atoms with van der Waals surface area (Å²) in [7, 11) is 0. The largest absolute Gasteiger partial charge is 0.324 e. The number of aromatic amines is 1. The fourth-order valence-corrected chi connectivity index (χ4v) is 0.403. The average molecular weight is 127 g/mol. The molecule has 5 heteroatoms. The van der Waals surface area contributed by atoms with Crippen molar-refractivity contribution in [1.29, 1.82) is 0 Å².